The van der Waals surface area contributed by atoms with E-state index >= 15 is 0 Å². The van der Waals surface area contributed by atoms with Gasteiger partial charge in [-0.05, 0) is 12.8 Å². The fourth-order valence-corrected chi connectivity index (χ4v) is 2.07. The van der Waals surface area contributed by atoms with E-state index in [1.165, 1.54) is 13.3 Å². The maximum atomic E-state index is 11.5. The van der Waals surface area contributed by atoms with Crippen LogP contribution in [0.3, 0.4) is 0 Å². The lowest BCUT2D eigenvalue weighted by atomic mass is 9.98. The van der Waals surface area contributed by atoms with Crippen molar-refractivity contribution in [2.75, 3.05) is 30.8 Å². The molecule has 2 N–H and O–H groups in total. The Kier molecular flexibility index (Phi) is 3.41. The fourth-order valence-electron chi connectivity index (χ4n) is 2.07. The van der Waals surface area contributed by atoms with Crippen LogP contribution in [-0.4, -0.2) is 36.1 Å². The number of aromatic nitrogens is 2. The van der Waals surface area contributed by atoms with Gasteiger partial charge in [0.2, 0.25) is 0 Å². The van der Waals surface area contributed by atoms with E-state index in [-0.39, 0.29) is 11.9 Å². The molecule has 1 unspecified atom stereocenters. The molecule has 1 fully saturated rings. The second-order valence-electron chi connectivity index (χ2n) is 4.11. The quantitative estimate of drug-likeness (QED) is 0.751. The van der Waals surface area contributed by atoms with Crippen molar-refractivity contribution >= 4 is 17.6 Å². The number of nitrogens with two attached hydrogens (primary N) is 1. The van der Waals surface area contributed by atoms with Crippen molar-refractivity contribution in [3.05, 3.63) is 12.4 Å². The standard InChI is InChI=1S/C11H16N4O2/c1-17-11(16)8-3-2-4-15(7-8)10-6-13-5-9(12)14-10/h5-6,8H,2-4,7H2,1H3,(H2,12,14). The van der Waals surface area contributed by atoms with Crippen LogP contribution in [0.25, 0.3) is 0 Å². The number of methoxy groups -OCH3 is 1. The SMILES string of the molecule is COC(=O)C1CCCN(c2cncc(N)n2)C1. The van der Waals surface area contributed by atoms with Gasteiger partial charge in [0.15, 0.2) is 0 Å². The zero-order valence-electron chi connectivity index (χ0n) is 9.80. The van der Waals surface area contributed by atoms with Crippen LogP contribution in [0.2, 0.25) is 0 Å². The molecule has 1 saturated heterocycles. The molecule has 1 aliphatic rings. The van der Waals surface area contributed by atoms with Crippen molar-refractivity contribution in [1.82, 2.24) is 9.97 Å². The van der Waals surface area contributed by atoms with Crippen LogP contribution in [0.5, 0.6) is 0 Å². The number of hydrogen-bond acceptors (Lipinski definition) is 6. The first kappa shape index (κ1) is 11.6. The number of nitrogens with zero attached hydrogens (tertiary/aromatic N) is 3. The maximum absolute atomic E-state index is 11.5. The molecule has 1 aromatic heterocycles. The predicted molar refractivity (Wildman–Crippen MR) is 63.4 cm³/mol. The Balaban J connectivity index is 2.09. The van der Waals surface area contributed by atoms with Gasteiger partial charge in [-0.1, -0.05) is 0 Å². The van der Waals surface area contributed by atoms with E-state index in [0.717, 1.165) is 25.2 Å². The summed E-state index contributed by atoms with van der Waals surface area (Å²) >= 11 is 0. The average Bonchev–Trinajstić information content (AvgIpc) is 2.38. The lowest BCUT2D eigenvalue weighted by Gasteiger charge is -2.31. The minimum Gasteiger partial charge on any atom is -0.469 e. The summed E-state index contributed by atoms with van der Waals surface area (Å²) in [6, 6.07) is 0. The summed E-state index contributed by atoms with van der Waals surface area (Å²) in [6.07, 6.45) is 4.97. The highest BCUT2D eigenvalue weighted by atomic mass is 16.5. The number of carbonyl (C=O) groups excluding carboxylic acids is 1. The number of rotatable bonds is 2. The van der Waals surface area contributed by atoms with Crippen LogP contribution < -0.4 is 10.6 Å². The van der Waals surface area contributed by atoms with E-state index in [1.807, 2.05) is 4.90 Å². The van der Waals surface area contributed by atoms with E-state index in [0.29, 0.717) is 12.4 Å². The molecular weight excluding hydrogens is 220 g/mol. The molecule has 1 aliphatic heterocycles. The van der Waals surface area contributed by atoms with Gasteiger partial charge in [0.05, 0.1) is 25.4 Å². The summed E-state index contributed by atoms with van der Waals surface area (Å²) in [5.41, 5.74) is 5.59. The van der Waals surface area contributed by atoms with Gasteiger partial charge >= 0.3 is 5.97 Å². The van der Waals surface area contributed by atoms with Gasteiger partial charge in [-0.15, -0.1) is 0 Å². The third-order valence-electron chi connectivity index (χ3n) is 2.92. The summed E-state index contributed by atoms with van der Waals surface area (Å²) in [7, 11) is 1.42. The second-order valence-corrected chi connectivity index (χ2v) is 4.11. The lowest BCUT2D eigenvalue weighted by Crippen LogP contribution is -2.39. The average molecular weight is 236 g/mol. The van der Waals surface area contributed by atoms with Gasteiger partial charge in [0, 0.05) is 13.1 Å². The van der Waals surface area contributed by atoms with Crippen molar-refractivity contribution in [1.29, 1.82) is 0 Å². The third-order valence-corrected chi connectivity index (χ3v) is 2.92. The Morgan fingerprint density at radius 1 is 1.59 bits per heavy atom. The molecule has 17 heavy (non-hydrogen) atoms. The zero-order chi connectivity index (χ0) is 12.3. The topological polar surface area (TPSA) is 81.3 Å². The number of ether oxygens (including phenoxy) is 1. The van der Waals surface area contributed by atoms with E-state index in [2.05, 4.69) is 9.97 Å². The Morgan fingerprint density at radius 3 is 3.12 bits per heavy atom. The van der Waals surface area contributed by atoms with E-state index in [4.69, 9.17) is 10.5 Å². The Labute approximate surface area is 99.8 Å². The Morgan fingerprint density at radius 2 is 2.41 bits per heavy atom. The van der Waals surface area contributed by atoms with Crippen molar-refractivity contribution in [3.63, 3.8) is 0 Å². The summed E-state index contributed by atoms with van der Waals surface area (Å²) in [6.45, 7) is 1.48. The van der Waals surface area contributed by atoms with E-state index < -0.39 is 0 Å². The summed E-state index contributed by atoms with van der Waals surface area (Å²) < 4.78 is 4.77. The van der Waals surface area contributed by atoms with Crippen LogP contribution >= 0.6 is 0 Å². The number of piperidine rings is 1. The van der Waals surface area contributed by atoms with Crippen molar-refractivity contribution in [3.8, 4) is 0 Å². The van der Waals surface area contributed by atoms with Crippen molar-refractivity contribution < 1.29 is 9.53 Å². The molecule has 0 spiro atoms. The predicted octanol–water partition coefficient (Wildman–Crippen LogP) is 0.448. The number of anilines is 2. The van der Waals surface area contributed by atoms with Crippen LogP contribution in [0.15, 0.2) is 12.4 Å². The lowest BCUT2D eigenvalue weighted by molar-refractivity contribution is -0.145. The first-order chi connectivity index (χ1) is 8.20. The molecule has 0 aliphatic carbocycles. The van der Waals surface area contributed by atoms with Crippen LogP contribution in [0, 0.1) is 5.92 Å². The second kappa shape index (κ2) is 4.99. The number of carbonyl (C=O) groups is 1. The number of nitrogen functional groups attached to an aromatic ring is 1. The molecule has 0 saturated carbocycles. The molecule has 6 nitrogen and oxygen atoms in total. The summed E-state index contributed by atoms with van der Waals surface area (Å²) in [4.78, 5) is 21.7. The van der Waals surface area contributed by atoms with Gasteiger partial charge in [0.1, 0.15) is 11.6 Å². The van der Waals surface area contributed by atoms with Gasteiger partial charge in [-0.3, -0.25) is 9.78 Å². The smallest absolute Gasteiger partial charge is 0.310 e. The van der Waals surface area contributed by atoms with Gasteiger partial charge in [-0.2, -0.15) is 0 Å². The zero-order valence-corrected chi connectivity index (χ0v) is 9.80. The molecular formula is C11H16N4O2. The van der Waals surface area contributed by atoms with Crippen LogP contribution in [0.1, 0.15) is 12.8 Å². The minimum atomic E-state index is -0.161. The summed E-state index contributed by atoms with van der Waals surface area (Å²) in [5.74, 6) is 0.866. The molecule has 1 aromatic rings. The normalized spacial score (nSPS) is 20.1. The highest BCUT2D eigenvalue weighted by Gasteiger charge is 2.27. The van der Waals surface area contributed by atoms with Crippen molar-refractivity contribution in [2.45, 2.75) is 12.8 Å². The highest BCUT2D eigenvalue weighted by molar-refractivity contribution is 5.73. The number of hydrogen-bond donors (Lipinski definition) is 1. The van der Waals surface area contributed by atoms with Crippen molar-refractivity contribution in [2.24, 2.45) is 5.92 Å². The highest BCUT2D eigenvalue weighted by Crippen LogP contribution is 2.22. The minimum absolute atomic E-state index is 0.0861. The fraction of sp³-hybridized carbons (Fsp3) is 0.545. The monoisotopic (exact) mass is 236 g/mol. The molecule has 0 bridgehead atoms. The molecule has 2 rings (SSSR count). The first-order valence-electron chi connectivity index (χ1n) is 5.61. The molecule has 0 aromatic carbocycles. The van der Waals surface area contributed by atoms with E-state index in [9.17, 15) is 4.79 Å². The molecule has 0 amide bonds. The summed E-state index contributed by atoms with van der Waals surface area (Å²) in [5, 5.41) is 0. The Bertz CT molecular complexity index is 410. The number of esters is 1. The van der Waals surface area contributed by atoms with Crippen LogP contribution in [-0.2, 0) is 9.53 Å². The molecule has 6 heteroatoms. The Hall–Kier alpha value is -1.85. The molecule has 0 radical (unpaired) electrons. The largest absolute Gasteiger partial charge is 0.469 e. The van der Waals surface area contributed by atoms with Crippen LogP contribution in [0.4, 0.5) is 11.6 Å². The molecule has 2 heterocycles. The van der Waals surface area contributed by atoms with Gasteiger partial charge < -0.3 is 15.4 Å². The van der Waals surface area contributed by atoms with Gasteiger partial charge in [-0.25, -0.2) is 4.98 Å². The molecule has 92 valence electrons. The third kappa shape index (κ3) is 2.64. The molecule has 1 atom stereocenters. The first-order valence-corrected chi connectivity index (χ1v) is 5.61. The van der Waals surface area contributed by atoms with Gasteiger partial charge in [0.25, 0.3) is 0 Å². The van der Waals surface area contributed by atoms with E-state index in [1.54, 1.807) is 6.20 Å². The maximum Gasteiger partial charge on any atom is 0.310 e.